The Hall–Kier alpha value is -2.77. The van der Waals surface area contributed by atoms with Crippen LogP contribution in [0.5, 0.6) is 11.5 Å². The minimum Gasteiger partial charge on any atom is -0.493 e. The first-order valence-electron chi connectivity index (χ1n) is 8.24. The molecule has 28 heavy (non-hydrogen) atoms. The van der Waals surface area contributed by atoms with E-state index in [1.807, 2.05) is 0 Å². The van der Waals surface area contributed by atoms with Gasteiger partial charge in [-0.05, 0) is 36.4 Å². The predicted octanol–water partition coefficient (Wildman–Crippen LogP) is 3.30. The SMILES string of the molecule is COc1ccc(C2=NO[C@H]3C(=O)N(c4cc(Cl)cc(Cl)c4)C(=O)[C@@H]23)cc1OC. The molecule has 2 heterocycles. The van der Waals surface area contributed by atoms with Gasteiger partial charge in [0.05, 0.1) is 19.9 Å². The monoisotopic (exact) mass is 420 g/mol. The molecule has 2 aliphatic rings. The first-order chi connectivity index (χ1) is 13.4. The number of hydrogen-bond acceptors (Lipinski definition) is 6. The largest absolute Gasteiger partial charge is 0.493 e. The molecule has 1 fully saturated rings. The van der Waals surface area contributed by atoms with Crippen LogP contribution < -0.4 is 14.4 Å². The van der Waals surface area contributed by atoms with Crippen molar-refractivity contribution in [2.24, 2.45) is 11.1 Å². The normalized spacial score (nSPS) is 20.7. The maximum atomic E-state index is 13.1. The van der Waals surface area contributed by atoms with Crippen LogP contribution in [-0.4, -0.2) is 37.8 Å². The highest BCUT2D eigenvalue weighted by Crippen LogP contribution is 2.38. The number of carbonyl (C=O) groups is 2. The molecule has 0 radical (unpaired) electrons. The van der Waals surface area contributed by atoms with Crippen molar-refractivity contribution >= 4 is 46.4 Å². The first-order valence-corrected chi connectivity index (χ1v) is 9.00. The highest BCUT2D eigenvalue weighted by atomic mass is 35.5. The maximum absolute atomic E-state index is 13.1. The van der Waals surface area contributed by atoms with Gasteiger partial charge in [-0.2, -0.15) is 0 Å². The summed E-state index contributed by atoms with van der Waals surface area (Å²) in [5, 5.41) is 4.61. The maximum Gasteiger partial charge on any atom is 0.278 e. The summed E-state index contributed by atoms with van der Waals surface area (Å²) < 4.78 is 10.5. The smallest absolute Gasteiger partial charge is 0.278 e. The molecule has 0 bridgehead atoms. The number of oxime groups is 1. The Kier molecular flexibility index (Phi) is 4.64. The quantitative estimate of drug-likeness (QED) is 0.709. The third-order valence-corrected chi connectivity index (χ3v) is 5.03. The summed E-state index contributed by atoms with van der Waals surface area (Å²) in [6, 6.07) is 9.61. The molecule has 1 saturated heterocycles. The summed E-state index contributed by atoms with van der Waals surface area (Å²) in [5.41, 5.74) is 1.23. The van der Waals surface area contributed by atoms with Crippen molar-refractivity contribution in [3.05, 3.63) is 52.0 Å². The average Bonchev–Trinajstić information content (AvgIpc) is 3.20. The highest BCUT2D eigenvalue weighted by molar-refractivity contribution is 6.37. The molecule has 2 atom stereocenters. The van der Waals surface area contributed by atoms with Crippen molar-refractivity contribution in [2.45, 2.75) is 6.10 Å². The van der Waals surface area contributed by atoms with Gasteiger partial charge in [0.1, 0.15) is 11.6 Å². The van der Waals surface area contributed by atoms with E-state index in [1.165, 1.54) is 32.4 Å². The number of anilines is 1. The first kappa shape index (κ1) is 18.6. The molecule has 0 unspecified atom stereocenters. The zero-order valence-corrected chi connectivity index (χ0v) is 16.3. The lowest BCUT2D eigenvalue weighted by Gasteiger charge is -2.16. The topological polar surface area (TPSA) is 77.4 Å². The summed E-state index contributed by atoms with van der Waals surface area (Å²) >= 11 is 12.0. The predicted molar refractivity (Wildman–Crippen MR) is 103 cm³/mol. The van der Waals surface area contributed by atoms with Gasteiger partial charge in [0, 0.05) is 15.6 Å². The molecular formula is C19H14Cl2N2O5. The van der Waals surface area contributed by atoms with Crippen molar-refractivity contribution in [1.29, 1.82) is 0 Å². The summed E-state index contributed by atoms with van der Waals surface area (Å²) in [7, 11) is 3.03. The molecule has 0 aliphatic carbocycles. The molecule has 2 aromatic rings. The zero-order valence-electron chi connectivity index (χ0n) is 14.8. The lowest BCUT2D eigenvalue weighted by Crippen LogP contribution is -2.33. The van der Waals surface area contributed by atoms with Gasteiger partial charge in [0.15, 0.2) is 11.5 Å². The number of methoxy groups -OCH3 is 2. The molecule has 9 heteroatoms. The van der Waals surface area contributed by atoms with E-state index in [0.29, 0.717) is 32.8 Å². The molecule has 0 N–H and O–H groups in total. The Labute approximate surface area is 170 Å². The van der Waals surface area contributed by atoms with E-state index in [0.717, 1.165) is 4.90 Å². The van der Waals surface area contributed by atoms with Gasteiger partial charge in [-0.15, -0.1) is 0 Å². The van der Waals surface area contributed by atoms with E-state index in [2.05, 4.69) is 5.16 Å². The number of hydrogen-bond donors (Lipinski definition) is 0. The van der Waals surface area contributed by atoms with E-state index >= 15 is 0 Å². The van der Waals surface area contributed by atoms with E-state index in [1.54, 1.807) is 18.2 Å². The Morgan fingerprint density at radius 1 is 0.964 bits per heavy atom. The molecule has 144 valence electrons. The number of halogens is 2. The van der Waals surface area contributed by atoms with Crippen molar-refractivity contribution < 1.29 is 23.9 Å². The molecule has 2 aromatic carbocycles. The van der Waals surface area contributed by atoms with Gasteiger partial charge >= 0.3 is 0 Å². The molecule has 7 nitrogen and oxygen atoms in total. The molecular weight excluding hydrogens is 407 g/mol. The minimum absolute atomic E-state index is 0.289. The summed E-state index contributed by atoms with van der Waals surface area (Å²) in [6.07, 6.45) is -1.03. The van der Waals surface area contributed by atoms with Gasteiger partial charge in [-0.1, -0.05) is 28.4 Å². The van der Waals surface area contributed by atoms with Crippen LogP contribution in [0.3, 0.4) is 0 Å². The summed E-state index contributed by atoms with van der Waals surface area (Å²) in [5.74, 6) is -0.844. The fourth-order valence-electron chi connectivity index (χ4n) is 3.33. The number of amides is 2. The lowest BCUT2D eigenvalue weighted by molar-refractivity contribution is -0.126. The number of rotatable bonds is 4. The van der Waals surface area contributed by atoms with Gasteiger partial charge in [-0.3, -0.25) is 9.59 Å². The average molecular weight is 421 g/mol. The molecule has 4 rings (SSSR count). The number of benzene rings is 2. The van der Waals surface area contributed by atoms with Crippen LogP contribution in [0.25, 0.3) is 0 Å². The Balaban J connectivity index is 1.71. The van der Waals surface area contributed by atoms with Crippen molar-refractivity contribution in [1.82, 2.24) is 0 Å². The Bertz CT molecular complexity index is 1000. The fourth-order valence-corrected chi connectivity index (χ4v) is 3.85. The van der Waals surface area contributed by atoms with Crippen LogP contribution in [-0.2, 0) is 14.4 Å². The molecule has 2 amide bonds. The molecule has 0 spiro atoms. The number of fused-ring (bicyclic) bond motifs is 1. The standard InChI is InChI=1S/C19H14Cl2N2O5/c1-26-13-4-3-9(5-14(13)27-2)16-15-17(28-22-16)19(25)23(18(15)24)12-7-10(20)6-11(21)8-12/h3-8,15,17H,1-2H3/t15-,17+/m0/s1. The van der Waals surface area contributed by atoms with Crippen molar-refractivity contribution in [3.63, 3.8) is 0 Å². The molecule has 0 saturated carbocycles. The Morgan fingerprint density at radius 3 is 2.29 bits per heavy atom. The van der Waals surface area contributed by atoms with Crippen molar-refractivity contribution in [2.75, 3.05) is 19.1 Å². The van der Waals surface area contributed by atoms with E-state index in [9.17, 15) is 9.59 Å². The lowest BCUT2D eigenvalue weighted by atomic mass is 9.94. The van der Waals surface area contributed by atoms with Crippen molar-refractivity contribution in [3.8, 4) is 11.5 Å². The van der Waals surface area contributed by atoms with Gasteiger partial charge in [0.25, 0.3) is 5.91 Å². The number of ether oxygens (including phenoxy) is 2. The third kappa shape index (κ3) is 2.87. The Morgan fingerprint density at radius 2 is 1.64 bits per heavy atom. The zero-order chi connectivity index (χ0) is 20.0. The van der Waals surface area contributed by atoms with Crippen LogP contribution in [0, 0.1) is 5.92 Å². The summed E-state index contributed by atoms with van der Waals surface area (Å²) in [4.78, 5) is 32.2. The second kappa shape index (κ2) is 7.00. The van der Waals surface area contributed by atoms with Gasteiger partial charge in [0.2, 0.25) is 12.0 Å². The second-order valence-electron chi connectivity index (χ2n) is 6.19. The number of nitrogens with zero attached hydrogens (tertiary/aromatic N) is 2. The van der Waals surface area contributed by atoms with E-state index in [4.69, 9.17) is 37.5 Å². The van der Waals surface area contributed by atoms with Crippen LogP contribution in [0.2, 0.25) is 10.0 Å². The minimum atomic E-state index is -1.03. The van der Waals surface area contributed by atoms with E-state index in [-0.39, 0.29) is 5.69 Å². The third-order valence-electron chi connectivity index (χ3n) is 4.60. The molecule has 0 aromatic heterocycles. The van der Waals surface area contributed by atoms with E-state index < -0.39 is 23.8 Å². The van der Waals surface area contributed by atoms with Crippen LogP contribution in [0.4, 0.5) is 5.69 Å². The number of imide groups is 1. The van der Waals surface area contributed by atoms with Crippen LogP contribution in [0.15, 0.2) is 41.6 Å². The molecule has 2 aliphatic heterocycles. The second-order valence-corrected chi connectivity index (χ2v) is 7.06. The van der Waals surface area contributed by atoms with Gasteiger partial charge < -0.3 is 14.3 Å². The fraction of sp³-hybridized carbons (Fsp3) is 0.211. The summed E-state index contributed by atoms with van der Waals surface area (Å²) in [6.45, 7) is 0. The van der Waals surface area contributed by atoms with Crippen LogP contribution >= 0.6 is 23.2 Å². The number of carbonyl (C=O) groups excluding carboxylic acids is 2. The van der Waals surface area contributed by atoms with Gasteiger partial charge in [-0.25, -0.2) is 4.90 Å². The highest BCUT2D eigenvalue weighted by Gasteiger charge is 2.56. The van der Waals surface area contributed by atoms with Crippen LogP contribution in [0.1, 0.15) is 5.56 Å².